The molecule has 1 aromatic carbocycles. The summed E-state index contributed by atoms with van der Waals surface area (Å²) in [6.07, 6.45) is 2.82. The van der Waals surface area contributed by atoms with E-state index in [2.05, 4.69) is 34.2 Å². The smallest absolute Gasteiger partial charge is 0.170 e. The van der Waals surface area contributed by atoms with Gasteiger partial charge in [-0.25, -0.2) is 0 Å². The van der Waals surface area contributed by atoms with Gasteiger partial charge in [-0.3, -0.25) is 4.98 Å². The first-order valence-electron chi connectivity index (χ1n) is 10.0. The molecule has 30 heavy (non-hydrogen) atoms. The molecule has 2 aromatic heterocycles. The Kier molecular flexibility index (Phi) is 6.37. The third kappa shape index (κ3) is 4.51. The molecular formula is C23H25ClN4OS. The van der Waals surface area contributed by atoms with Crippen molar-refractivity contribution < 1.29 is 4.42 Å². The van der Waals surface area contributed by atoms with Crippen molar-refractivity contribution in [1.82, 2.24) is 20.1 Å². The van der Waals surface area contributed by atoms with E-state index in [1.165, 1.54) is 0 Å². The fourth-order valence-electron chi connectivity index (χ4n) is 3.79. The van der Waals surface area contributed by atoms with Crippen LogP contribution in [0.3, 0.4) is 0 Å². The van der Waals surface area contributed by atoms with Gasteiger partial charge in [-0.15, -0.1) is 0 Å². The van der Waals surface area contributed by atoms with E-state index in [4.69, 9.17) is 28.2 Å². The normalized spacial score (nSPS) is 18.8. The van der Waals surface area contributed by atoms with Crippen LogP contribution in [-0.2, 0) is 0 Å². The Morgan fingerprint density at radius 1 is 1.13 bits per heavy atom. The highest BCUT2D eigenvalue weighted by Crippen LogP contribution is 2.40. The minimum Gasteiger partial charge on any atom is -0.459 e. The van der Waals surface area contributed by atoms with Gasteiger partial charge in [0.25, 0.3) is 0 Å². The number of halogens is 1. The maximum absolute atomic E-state index is 6.33. The monoisotopic (exact) mass is 440 g/mol. The molecular weight excluding hydrogens is 416 g/mol. The first-order chi connectivity index (χ1) is 14.5. The van der Waals surface area contributed by atoms with Gasteiger partial charge >= 0.3 is 0 Å². The summed E-state index contributed by atoms with van der Waals surface area (Å²) in [5.41, 5.74) is 1.94. The highest BCUT2D eigenvalue weighted by molar-refractivity contribution is 7.80. The maximum atomic E-state index is 6.33. The number of hydrogen-bond donors (Lipinski definition) is 1. The van der Waals surface area contributed by atoms with Gasteiger partial charge in [-0.2, -0.15) is 0 Å². The summed E-state index contributed by atoms with van der Waals surface area (Å²) in [5.74, 6) is 1.68. The molecule has 0 aliphatic carbocycles. The van der Waals surface area contributed by atoms with Crippen LogP contribution in [0.15, 0.2) is 65.2 Å². The lowest BCUT2D eigenvalue weighted by atomic mass is 10.0. The molecule has 156 valence electrons. The minimum absolute atomic E-state index is 0.0596. The van der Waals surface area contributed by atoms with Crippen molar-refractivity contribution in [2.75, 3.05) is 27.2 Å². The Bertz CT molecular complexity index is 990. The SMILES string of the molecule is CN(C)CCCN1C(=S)N[C@@H](c2ccccn2)[C@H]1c1ccc(-c2ccc(Cl)cc2)o1. The summed E-state index contributed by atoms with van der Waals surface area (Å²) < 4.78 is 6.33. The maximum Gasteiger partial charge on any atom is 0.170 e. The second-order valence-electron chi connectivity index (χ2n) is 7.69. The number of furan rings is 1. The van der Waals surface area contributed by atoms with Crippen LogP contribution in [0.25, 0.3) is 11.3 Å². The largest absolute Gasteiger partial charge is 0.459 e. The topological polar surface area (TPSA) is 44.5 Å². The van der Waals surface area contributed by atoms with Crippen molar-refractivity contribution in [1.29, 1.82) is 0 Å². The number of benzene rings is 1. The molecule has 0 saturated carbocycles. The van der Waals surface area contributed by atoms with E-state index >= 15 is 0 Å². The van der Waals surface area contributed by atoms with Gasteiger partial charge in [0.15, 0.2) is 5.11 Å². The van der Waals surface area contributed by atoms with Crippen molar-refractivity contribution in [3.63, 3.8) is 0 Å². The zero-order valence-electron chi connectivity index (χ0n) is 17.1. The molecule has 0 amide bonds. The van der Waals surface area contributed by atoms with Gasteiger partial charge in [0.2, 0.25) is 0 Å². The minimum atomic E-state index is -0.0673. The van der Waals surface area contributed by atoms with E-state index in [9.17, 15) is 0 Å². The third-order valence-corrected chi connectivity index (χ3v) is 5.85. The van der Waals surface area contributed by atoms with Crippen molar-refractivity contribution >= 4 is 28.9 Å². The third-order valence-electron chi connectivity index (χ3n) is 5.25. The van der Waals surface area contributed by atoms with Crippen LogP contribution in [0.2, 0.25) is 5.02 Å². The standard InChI is InChI=1S/C23H25ClN4OS/c1-27(2)14-5-15-28-22(21(26-23(28)30)18-6-3-4-13-25-18)20-12-11-19(29-20)16-7-9-17(24)10-8-16/h3-4,6-13,21-22H,5,14-15H2,1-2H3,(H,26,30)/t21-,22+/m0/s1. The van der Waals surface area contributed by atoms with Crippen LogP contribution < -0.4 is 5.32 Å². The quantitative estimate of drug-likeness (QED) is 0.526. The average molecular weight is 441 g/mol. The Morgan fingerprint density at radius 2 is 1.93 bits per heavy atom. The molecule has 1 N–H and O–H groups in total. The van der Waals surface area contributed by atoms with E-state index in [1.54, 1.807) is 0 Å². The van der Waals surface area contributed by atoms with Crippen LogP contribution in [0, 0.1) is 0 Å². The van der Waals surface area contributed by atoms with Gasteiger partial charge in [0.05, 0.1) is 11.7 Å². The van der Waals surface area contributed by atoms with Crippen LogP contribution in [0.5, 0.6) is 0 Å². The molecule has 0 spiro atoms. The number of rotatable bonds is 7. The van der Waals surface area contributed by atoms with E-state index in [1.807, 2.05) is 60.8 Å². The van der Waals surface area contributed by atoms with Crippen molar-refractivity contribution in [2.24, 2.45) is 0 Å². The molecule has 5 nitrogen and oxygen atoms in total. The molecule has 1 fully saturated rings. The molecule has 1 saturated heterocycles. The van der Waals surface area contributed by atoms with Crippen LogP contribution in [0.4, 0.5) is 0 Å². The molecule has 0 unspecified atom stereocenters. The lowest BCUT2D eigenvalue weighted by molar-refractivity contribution is 0.261. The predicted octanol–water partition coefficient (Wildman–Crippen LogP) is 4.92. The zero-order chi connectivity index (χ0) is 21.1. The van der Waals surface area contributed by atoms with E-state index in [-0.39, 0.29) is 12.1 Å². The lowest BCUT2D eigenvalue weighted by Crippen LogP contribution is -2.32. The molecule has 2 atom stereocenters. The number of aromatic nitrogens is 1. The highest BCUT2D eigenvalue weighted by atomic mass is 35.5. The predicted molar refractivity (Wildman–Crippen MR) is 124 cm³/mol. The Labute approximate surface area is 187 Å². The van der Waals surface area contributed by atoms with Gasteiger partial charge in [-0.1, -0.05) is 17.7 Å². The summed E-state index contributed by atoms with van der Waals surface area (Å²) in [7, 11) is 4.17. The molecule has 7 heteroatoms. The van der Waals surface area contributed by atoms with Gasteiger partial charge in [-0.05, 0) is 87.8 Å². The summed E-state index contributed by atoms with van der Waals surface area (Å²) in [5, 5.41) is 4.91. The fraction of sp³-hybridized carbons (Fsp3) is 0.304. The van der Waals surface area contributed by atoms with Crippen LogP contribution >= 0.6 is 23.8 Å². The second kappa shape index (κ2) is 9.16. The lowest BCUT2D eigenvalue weighted by Gasteiger charge is -2.26. The highest BCUT2D eigenvalue weighted by Gasteiger charge is 2.41. The first-order valence-corrected chi connectivity index (χ1v) is 10.8. The van der Waals surface area contributed by atoms with Crippen molar-refractivity contribution in [2.45, 2.75) is 18.5 Å². The summed E-state index contributed by atoms with van der Waals surface area (Å²) in [4.78, 5) is 8.98. The number of pyridine rings is 1. The van der Waals surface area contributed by atoms with Gasteiger partial charge in [0.1, 0.15) is 17.6 Å². The molecule has 3 heterocycles. The van der Waals surface area contributed by atoms with Crippen LogP contribution in [0.1, 0.15) is 30.0 Å². The Morgan fingerprint density at radius 3 is 2.63 bits per heavy atom. The number of thiocarbonyl (C=S) groups is 1. The summed E-state index contributed by atoms with van der Waals surface area (Å²) in [6, 6.07) is 17.5. The second-order valence-corrected chi connectivity index (χ2v) is 8.51. The summed E-state index contributed by atoms with van der Waals surface area (Å²) >= 11 is 11.7. The fourth-order valence-corrected chi connectivity index (χ4v) is 4.25. The van der Waals surface area contributed by atoms with Crippen molar-refractivity contribution in [3.8, 4) is 11.3 Å². The molecule has 0 radical (unpaired) electrons. The van der Waals surface area contributed by atoms with Crippen molar-refractivity contribution in [3.05, 3.63) is 77.3 Å². The first kappa shape index (κ1) is 20.8. The molecule has 4 rings (SSSR count). The van der Waals surface area contributed by atoms with E-state index in [0.29, 0.717) is 5.02 Å². The zero-order valence-corrected chi connectivity index (χ0v) is 18.7. The molecule has 0 bridgehead atoms. The number of hydrogen-bond acceptors (Lipinski definition) is 4. The number of nitrogens with zero attached hydrogens (tertiary/aromatic N) is 3. The molecule has 1 aliphatic rings. The van der Waals surface area contributed by atoms with E-state index < -0.39 is 0 Å². The summed E-state index contributed by atoms with van der Waals surface area (Å²) in [6.45, 7) is 1.84. The number of nitrogens with one attached hydrogen (secondary N) is 1. The average Bonchev–Trinajstić information content (AvgIpc) is 3.34. The van der Waals surface area contributed by atoms with Crippen LogP contribution in [-0.4, -0.2) is 47.1 Å². The van der Waals surface area contributed by atoms with E-state index in [0.717, 1.165) is 47.4 Å². The Balaban J connectivity index is 1.65. The molecule has 3 aromatic rings. The Hall–Kier alpha value is -2.41. The molecule has 1 aliphatic heterocycles. The van der Waals surface area contributed by atoms with Gasteiger partial charge < -0.3 is 19.5 Å². The van der Waals surface area contributed by atoms with Gasteiger partial charge in [0, 0.05) is 23.3 Å².